The molecular formula is C10H16N2OS. The van der Waals surface area contributed by atoms with Gasteiger partial charge in [-0.2, -0.15) is 0 Å². The van der Waals surface area contributed by atoms with Crippen molar-refractivity contribution in [3.05, 3.63) is 16.1 Å². The molecule has 0 spiro atoms. The van der Waals surface area contributed by atoms with Crippen LogP contribution in [0.4, 0.5) is 0 Å². The minimum absolute atomic E-state index is 0.0814. The highest BCUT2D eigenvalue weighted by atomic mass is 32.1. The molecule has 0 bridgehead atoms. The third-order valence-electron chi connectivity index (χ3n) is 2.54. The van der Waals surface area contributed by atoms with E-state index >= 15 is 0 Å². The van der Waals surface area contributed by atoms with Crippen LogP contribution in [0, 0.1) is 5.92 Å². The van der Waals surface area contributed by atoms with E-state index in [1.807, 2.05) is 13.1 Å². The summed E-state index contributed by atoms with van der Waals surface area (Å²) in [6.45, 7) is 1.98. The fourth-order valence-electron chi connectivity index (χ4n) is 1.54. The molecule has 1 aliphatic rings. The Labute approximate surface area is 88.3 Å². The van der Waals surface area contributed by atoms with Crippen molar-refractivity contribution < 1.29 is 4.74 Å². The van der Waals surface area contributed by atoms with Crippen LogP contribution < -0.4 is 5.73 Å². The summed E-state index contributed by atoms with van der Waals surface area (Å²) in [6.07, 6.45) is 4.61. The Morgan fingerprint density at radius 1 is 1.64 bits per heavy atom. The summed E-state index contributed by atoms with van der Waals surface area (Å²) in [7, 11) is 1.76. The van der Waals surface area contributed by atoms with Gasteiger partial charge in [-0.25, -0.2) is 4.98 Å². The molecule has 78 valence electrons. The molecule has 0 radical (unpaired) electrons. The van der Waals surface area contributed by atoms with E-state index in [0.717, 1.165) is 9.88 Å². The highest BCUT2D eigenvalue weighted by molar-refractivity contribution is 7.11. The number of methoxy groups -OCH3 is 1. The van der Waals surface area contributed by atoms with Crippen molar-refractivity contribution in [2.24, 2.45) is 11.7 Å². The van der Waals surface area contributed by atoms with E-state index in [1.54, 1.807) is 18.4 Å². The number of nitrogens with two attached hydrogens (primary N) is 1. The molecule has 1 fully saturated rings. The van der Waals surface area contributed by atoms with Gasteiger partial charge in [0.15, 0.2) is 0 Å². The van der Waals surface area contributed by atoms with Gasteiger partial charge in [-0.1, -0.05) is 0 Å². The maximum atomic E-state index is 5.79. The molecule has 2 unspecified atom stereocenters. The van der Waals surface area contributed by atoms with Crippen molar-refractivity contribution in [1.82, 2.24) is 4.98 Å². The zero-order valence-electron chi connectivity index (χ0n) is 8.56. The van der Waals surface area contributed by atoms with Crippen LogP contribution in [0.1, 0.15) is 41.8 Å². The number of thiazole rings is 1. The smallest absolute Gasteiger partial charge is 0.122 e. The second-order valence-electron chi connectivity index (χ2n) is 3.88. The Balaban J connectivity index is 2.13. The van der Waals surface area contributed by atoms with Crippen LogP contribution in [0.5, 0.6) is 0 Å². The lowest BCUT2D eigenvalue weighted by Crippen LogP contribution is -2.03. The minimum Gasteiger partial charge on any atom is -0.374 e. The third-order valence-corrected chi connectivity index (χ3v) is 3.80. The van der Waals surface area contributed by atoms with Gasteiger partial charge in [-0.05, 0) is 25.7 Å². The number of nitrogens with zero attached hydrogens (tertiary/aromatic N) is 1. The van der Waals surface area contributed by atoms with Crippen LogP contribution >= 0.6 is 11.3 Å². The Kier molecular flexibility index (Phi) is 2.85. The summed E-state index contributed by atoms with van der Waals surface area (Å²) < 4.78 is 5.46. The minimum atomic E-state index is 0.0814. The largest absolute Gasteiger partial charge is 0.374 e. The molecule has 1 aromatic rings. The van der Waals surface area contributed by atoms with Crippen molar-refractivity contribution in [2.45, 2.75) is 31.9 Å². The SMILES string of the molecule is COC(c1ncc(C(C)N)s1)C1CC1. The predicted molar refractivity (Wildman–Crippen MR) is 57.2 cm³/mol. The molecule has 0 aromatic carbocycles. The monoisotopic (exact) mass is 212 g/mol. The molecule has 1 aromatic heterocycles. The molecular weight excluding hydrogens is 196 g/mol. The van der Waals surface area contributed by atoms with Gasteiger partial charge in [0.05, 0.1) is 0 Å². The molecule has 0 saturated heterocycles. The van der Waals surface area contributed by atoms with E-state index < -0.39 is 0 Å². The van der Waals surface area contributed by atoms with E-state index in [0.29, 0.717) is 5.92 Å². The number of ether oxygens (including phenoxy) is 1. The topological polar surface area (TPSA) is 48.1 Å². The molecule has 1 aliphatic carbocycles. The first-order chi connectivity index (χ1) is 6.72. The predicted octanol–water partition coefficient (Wildman–Crippen LogP) is 2.26. The number of rotatable bonds is 4. The van der Waals surface area contributed by atoms with Gasteiger partial charge in [0.2, 0.25) is 0 Å². The molecule has 14 heavy (non-hydrogen) atoms. The van der Waals surface area contributed by atoms with Gasteiger partial charge in [0.25, 0.3) is 0 Å². The number of hydrogen-bond acceptors (Lipinski definition) is 4. The average molecular weight is 212 g/mol. The van der Waals surface area contributed by atoms with Crippen LogP contribution in [-0.2, 0) is 4.74 Å². The molecule has 2 rings (SSSR count). The lowest BCUT2D eigenvalue weighted by Gasteiger charge is -2.10. The molecule has 4 heteroatoms. The van der Waals surface area contributed by atoms with Gasteiger partial charge >= 0.3 is 0 Å². The second kappa shape index (κ2) is 3.96. The Bertz CT molecular complexity index is 307. The van der Waals surface area contributed by atoms with E-state index in [1.165, 1.54) is 12.8 Å². The van der Waals surface area contributed by atoms with Crippen molar-refractivity contribution >= 4 is 11.3 Å². The average Bonchev–Trinajstić information content (AvgIpc) is 2.84. The van der Waals surface area contributed by atoms with E-state index in [4.69, 9.17) is 10.5 Å². The van der Waals surface area contributed by atoms with E-state index in [-0.39, 0.29) is 12.1 Å². The summed E-state index contributed by atoms with van der Waals surface area (Å²) in [5.41, 5.74) is 5.79. The van der Waals surface area contributed by atoms with Crippen molar-refractivity contribution in [3.63, 3.8) is 0 Å². The molecule has 2 N–H and O–H groups in total. The lowest BCUT2D eigenvalue weighted by molar-refractivity contribution is 0.0844. The van der Waals surface area contributed by atoms with Gasteiger partial charge < -0.3 is 10.5 Å². The maximum absolute atomic E-state index is 5.79. The quantitative estimate of drug-likeness (QED) is 0.832. The van der Waals surface area contributed by atoms with Gasteiger partial charge in [-0.3, -0.25) is 0 Å². The first kappa shape index (κ1) is 10.1. The first-order valence-corrected chi connectivity index (χ1v) is 5.78. The van der Waals surface area contributed by atoms with E-state index in [2.05, 4.69) is 4.98 Å². The van der Waals surface area contributed by atoms with Gasteiger partial charge in [0.1, 0.15) is 11.1 Å². The normalized spacial score (nSPS) is 20.8. The maximum Gasteiger partial charge on any atom is 0.122 e. The summed E-state index contributed by atoms with van der Waals surface area (Å²) >= 11 is 1.68. The highest BCUT2D eigenvalue weighted by Gasteiger charge is 2.34. The summed E-state index contributed by atoms with van der Waals surface area (Å²) in [6, 6.07) is 0.0814. The number of hydrogen-bond donors (Lipinski definition) is 1. The van der Waals surface area contributed by atoms with Crippen LogP contribution in [0.25, 0.3) is 0 Å². The fraction of sp³-hybridized carbons (Fsp3) is 0.700. The van der Waals surface area contributed by atoms with Crippen LogP contribution in [0.2, 0.25) is 0 Å². The molecule has 1 heterocycles. The van der Waals surface area contributed by atoms with Gasteiger partial charge in [-0.15, -0.1) is 11.3 Å². The van der Waals surface area contributed by atoms with Crippen LogP contribution in [0.3, 0.4) is 0 Å². The highest BCUT2D eigenvalue weighted by Crippen LogP contribution is 2.44. The Hall–Kier alpha value is -0.450. The van der Waals surface area contributed by atoms with Crippen molar-refractivity contribution in [2.75, 3.05) is 7.11 Å². The van der Waals surface area contributed by atoms with E-state index in [9.17, 15) is 0 Å². The zero-order valence-corrected chi connectivity index (χ0v) is 9.38. The van der Waals surface area contributed by atoms with Crippen LogP contribution in [-0.4, -0.2) is 12.1 Å². The summed E-state index contributed by atoms with van der Waals surface area (Å²) in [5.74, 6) is 0.687. The molecule has 3 nitrogen and oxygen atoms in total. The lowest BCUT2D eigenvalue weighted by atomic mass is 10.2. The van der Waals surface area contributed by atoms with Crippen LogP contribution in [0.15, 0.2) is 6.20 Å². The first-order valence-electron chi connectivity index (χ1n) is 4.96. The standard InChI is InChI=1S/C10H16N2OS/c1-6(11)8-5-12-10(14-8)9(13-2)7-3-4-7/h5-7,9H,3-4,11H2,1-2H3. The molecule has 1 saturated carbocycles. The molecule has 2 atom stereocenters. The summed E-state index contributed by atoms with van der Waals surface area (Å²) in [5, 5.41) is 1.09. The third kappa shape index (κ3) is 1.97. The molecule has 0 aliphatic heterocycles. The fourth-order valence-corrected chi connectivity index (χ4v) is 2.58. The molecule has 0 amide bonds. The Morgan fingerprint density at radius 2 is 2.36 bits per heavy atom. The summed E-state index contributed by atoms with van der Waals surface area (Å²) in [4.78, 5) is 5.52. The van der Waals surface area contributed by atoms with Gasteiger partial charge in [0, 0.05) is 24.2 Å². The zero-order chi connectivity index (χ0) is 10.1. The van der Waals surface area contributed by atoms with Crippen molar-refractivity contribution in [3.8, 4) is 0 Å². The Morgan fingerprint density at radius 3 is 2.79 bits per heavy atom. The number of aromatic nitrogens is 1. The van der Waals surface area contributed by atoms with Crippen molar-refractivity contribution in [1.29, 1.82) is 0 Å². The second-order valence-corrected chi connectivity index (χ2v) is 4.98.